The van der Waals surface area contributed by atoms with Crippen molar-refractivity contribution in [3.63, 3.8) is 0 Å². The van der Waals surface area contributed by atoms with Crippen molar-refractivity contribution in [1.29, 1.82) is 0 Å². The molecule has 0 aromatic heterocycles. The van der Waals surface area contributed by atoms with E-state index in [1.807, 2.05) is 26.0 Å². The number of hydrogen-bond acceptors (Lipinski definition) is 4. The van der Waals surface area contributed by atoms with Crippen LogP contribution < -0.4 is 10.1 Å². The second-order valence-corrected chi connectivity index (χ2v) is 5.30. The molecule has 5 heteroatoms. The number of amides is 1. The number of cyclic esters (lactones) is 1. The number of rotatable bonds is 2. The number of esters is 1. The number of ether oxygens (including phenoxy) is 2. The lowest BCUT2D eigenvalue weighted by atomic mass is 9.80. The van der Waals surface area contributed by atoms with Gasteiger partial charge in [-0.2, -0.15) is 0 Å². The average molecular weight is 263 g/mol. The molecule has 0 aliphatic carbocycles. The third kappa shape index (κ3) is 3.05. The summed E-state index contributed by atoms with van der Waals surface area (Å²) in [5.41, 5.74) is 0.759. The molecule has 1 heterocycles. The number of hydrogen-bond donors (Lipinski definition) is 1. The lowest BCUT2D eigenvalue weighted by Gasteiger charge is -2.38. The maximum absolute atomic E-state index is 11.3. The molecule has 0 saturated carbocycles. The van der Waals surface area contributed by atoms with Crippen molar-refractivity contribution in [3.05, 3.63) is 29.8 Å². The molecule has 1 aliphatic rings. The van der Waals surface area contributed by atoms with Gasteiger partial charge in [0.2, 0.25) is 0 Å². The van der Waals surface area contributed by atoms with Crippen molar-refractivity contribution in [2.75, 3.05) is 6.61 Å². The topological polar surface area (TPSA) is 64.6 Å². The van der Waals surface area contributed by atoms with E-state index in [0.29, 0.717) is 12.4 Å². The van der Waals surface area contributed by atoms with E-state index >= 15 is 0 Å². The van der Waals surface area contributed by atoms with Gasteiger partial charge in [0.25, 0.3) is 0 Å². The van der Waals surface area contributed by atoms with Gasteiger partial charge in [-0.25, -0.2) is 4.79 Å². The van der Waals surface area contributed by atoms with E-state index < -0.39 is 6.09 Å². The Morgan fingerprint density at radius 3 is 2.58 bits per heavy atom. The fourth-order valence-corrected chi connectivity index (χ4v) is 2.12. The highest BCUT2D eigenvalue weighted by molar-refractivity contribution is 5.70. The molecule has 0 bridgehead atoms. The number of carbonyl (C=O) groups excluding carboxylic acids is 2. The Morgan fingerprint density at radius 1 is 1.37 bits per heavy atom. The van der Waals surface area contributed by atoms with Crippen molar-refractivity contribution in [3.8, 4) is 5.75 Å². The minimum absolute atomic E-state index is 0.125. The molecule has 5 nitrogen and oxygen atoms in total. The van der Waals surface area contributed by atoms with Crippen LogP contribution in [-0.4, -0.2) is 18.7 Å². The van der Waals surface area contributed by atoms with Crippen molar-refractivity contribution in [1.82, 2.24) is 5.32 Å². The second-order valence-electron chi connectivity index (χ2n) is 5.30. The normalized spacial score (nSPS) is 21.2. The van der Waals surface area contributed by atoms with Crippen molar-refractivity contribution in [2.45, 2.75) is 26.8 Å². The molecule has 1 saturated heterocycles. The summed E-state index contributed by atoms with van der Waals surface area (Å²) in [6.07, 6.45) is -0.409. The molecule has 1 N–H and O–H groups in total. The van der Waals surface area contributed by atoms with Crippen LogP contribution in [0.3, 0.4) is 0 Å². The van der Waals surface area contributed by atoms with E-state index in [0.717, 1.165) is 5.56 Å². The highest BCUT2D eigenvalue weighted by Gasteiger charge is 2.37. The van der Waals surface area contributed by atoms with Crippen LogP contribution in [0.4, 0.5) is 4.79 Å². The molecule has 0 spiro atoms. The molecule has 1 amide bonds. The fraction of sp³-hybridized carbons (Fsp3) is 0.429. The first-order valence-corrected chi connectivity index (χ1v) is 6.10. The van der Waals surface area contributed by atoms with E-state index in [1.54, 1.807) is 12.1 Å². The molecule has 19 heavy (non-hydrogen) atoms. The summed E-state index contributed by atoms with van der Waals surface area (Å²) >= 11 is 0. The third-order valence-corrected chi connectivity index (χ3v) is 3.09. The van der Waals surface area contributed by atoms with Crippen LogP contribution in [-0.2, 0) is 9.53 Å². The van der Waals surface area contributed by atoms with Gasteiger partial charge in [-0.1, -0.05) is 26.0 Å². The van der Waals surface area contributed by atoms with Crippen LogP contribution in [0.2, 0.25) is 0 Å². The van der Waals surface area contributed by atoms with Gasteiger partial charge in [0.05, 0.1) is 6.04 Å². The molecule has 1 aromatic carbocycles. The van der Waals surface area contributed by atoms with Gasteiger partial charge < -0.3 is 14.8 Å². The van der Waals surface area contributed by atoms with Crippen LogP contribution in [0, 0.1) is 5.41 Å². The van der Waals surface area contributed by atoms with Crippen LogP contribution in [0.5, 0.6) is 5.75 Å². The summed E-state index contributed by atoms with van der Waals surface area (Å²) in [4.78, 5) is 22.2. The summed E-state index contributed by atoms with van der Waals surface area (Å²) in [5, 5.41) is 2.81. The lowest BCUT2D eigenvalue weighted by Crippen LogP contribution is -2.46. The molecule has 102 valence electrons. The molecule has 0 unspecified atom stereocenters. The maximum Gasteiger partial charge on any atom is 0.407 e. The van der Waals surface area contributed by atoms with Gasteiger partial charge in [0, 0.05) is 12.3 Å². The van der Waals surface area contributed by atoms with Crippen LogP contribution in [0.25, 0.3) is 0 Å². The summed E-state index contributed by atoms with van der Waals surface area (Å²) < 4.78 is 9.98. The first-order valence-electron chi connectivity index (χ1n) is 6.10. The first-order chi connectivity index (χ1) is 8.88. The summed E-state index contributed by atoms with van der Waals surface area (Å²) in [6, 6.07) is 7.00. The van der Waals surface area contributed by atoms with Crippen molar-refractivity contribution >= 4 is 12.1 Å². The molecular formula is C14H17NO4. The van der Waals surface area contributed by atoms with Gasteiger partial charge in [-0.3, -0.25) is 4.79 Å². The molecule has 1 aromatic rings. The second kappa shape index (κ2) is 4.91. The summed E-state index contributed by atoms with van der Waals surface area (Å²) in [5.74, 6) is 0.139. The monoisotopic (exact) mass is 263 g/mol. The predicted molar refractivity (Wildman–Crippen MR) is 68.8 cm³/mol. The average Bonchev–Trinajstić information content (AvgIpc) is 2.33. The molecule has 1 fully saturated rings. The van der Waals surface area contributed by atoms with Crippen LogP contribution in [0.1, 0.15) is 32.4 Å². The third-order valence-electron chi connectivity index (χ3n) is 3.09. The van der Waals surface area contributed by atoms with Gasteiger partial charge in [0.15, 0.2) is 0 Å². The Labute approximate surface area is 111 Å². The Kier molecular flexibility index (Phi) is 3.46. The summed E-state index contributed by atoms with van der Waals surface area (Å²) in [7, 11) is 0. The summed E-state index contributed by atoms with van der Waals surface area (Å²) in [6.45, 7) is 5.78. The van der Waals surface area contributed by atoms with E-state index in [9.17, 15) is 9.59 Å². The molecule has 2 rings (SSSR count). The first kappa shape index (κ1) is 13.4. The van der Waals surface area contributed by atoms with Gasteiger partial charge in [0.1, 0.15) is 12.4 Å². The Bertz CT molecular complexity index is 493. The van der Waals surface area contributed by atoms with Crippen LogP contribution in [0.15, 0.2) is 24.3 Å². The highest BCUT2D eigenvalue weighted by atomic mass is 16.6. The Morgan fingerprint density at radius 2 is 2.00 bits per heavy atom. The van der Waals surface area contributed by atoms with E-state index in [2.05, 4.69) is 5.32 Å². The van der Waals surface area contributed by atoms with E-state index in [4.69, 9.17) is 9.47 Å². The fourth-order valence-electron chi connectivity index (χ4n) is 2.12. The molecule has 0 radical (unpaired) electrons. The van der Waals surface area contributed by atoms with Crippen LogP contribution >= 0.6 is 0 Å². The largest absolute Gasteiger partial charge is 0.449 e. The Hall–Kier alpha value is -2.04. The van der Waals surface area contributed by atoms with E-state index in [-0.39, 0.29) is 17.4 Å². The smallest absolute Gasteiger partial charge is 0.407 e. The minimum Gasteiger partial charge on any atom is -0.449 e. The molecular weight excluding hydrogens is 246 g/mol. The number of nitrogens with one attached hydrogen (secondary N) is 1. The molecule has 1 aliphatic heterocycles. The number of alkyl carbamates (subject to hydrolysis) is 1. The lowest BCUT2D eigenvalue weighted by molar-refractivity contribution is -0.131. The standard InChI is InChI=1S/C14H17NO4/c1-9(16)19-11-6-4-10(5-7-11)12-14(2,3)8-18-13(17)15-12/h4-7,12H,8H2,1-3H3,(H,15,17)/t12-/m0/s1. The molecule has 1 atom stereocenters. The number of carbonyl (C=O) groups is 2. The maximum atomic E-state index is 11.3. The van der Waals surface area contributed by atoms with Gasteiger partial charge in [-0.05, 0) is 17.7 Å². The highest BCUT2D eigenvalue weighted by Crippen LogP contribution is 2.36. The zero-order valence-electron chi connectivity index (χ0n) is 11.2. The quantitative estimate of drug-likeness (QED) is 0.657. The van der Waals surface area contributed by atoms with Gasteiger partial charge >= 0.3 is 12.1 Å². The zero-order chi connectivity index (χ0) is 14.0. The SMILES string of the molecule is CC(=O)Oc1ccc([C@@H]2NC(=O)OCC2(C)C)cc1. The van der Waals surface area contributed by atoms with Crippen molar-refractivity contribution in [2.24, 2.45) is 5.41 Å². The number of benzene rings is 1. The minimum atomic E-state index is -0.409. The Balaban J connectivity index is 2.20. The van der Waals surface area contributed by atoms with Gasteiger partial charge in [-0.15, -0.1) is 0 Å². The van der Waals surface area contributed by atoms with Crippen molar-refractivity contribution < 1.29 is 19.1 Å². The zero-order valence-corrected chi connectivity index (χ0v) is 11.2. The predicted octanol–water partition coefficient (Wildman–Crippen LogP) is 2.42. The van der Waals surface area contributed by atoms with E-state index in [1.165, 1.54) is 6.92 Å².